The van der Waals surface area contributed by atoms with E-state index in [4.69, 9.17) is 24.3 Å². The number of aliphatic hydroxyl groups excluding tert-OH is 1. The van der Waals surface area contributed by atoms with E-state index in [0.717, 1.165) is 58.2 Å². The van der Waals surface area contributed by atoms with Crippen LogP contribution < -0.4 is 16.0 Å². The average Bonchev–Trinajstić information content (AvgIpc) is 3.01. The smallest absolute Gasteiger partial charge is 0.408 e. The number of unbranched alkanes of at least 4 members (excludes halogenated alkanes) is 4. The fourth-order valence-corrected chi connectivity index (χ4v) is 5.73. The van der Waals surface area contributed by atoms with Crippen LogP contribution in [-0.4, -0.2) is 113 Å². The Balaban J connectivity index is 2.31. The van der Waals surface area contributed by atoms with Crippen LogP contribution in [0.2, 0.25) is 0 Å². The summed E-state index contributed by atoms with van der Waals surface area (Å²) in [6.45, 7) is 7.14. The van der Waals surface area contributed by atoms with Crippen molar-refractivity contribution in [2.24, 2.45) is 5.92 Å². The Morgan fingerprint density at radius 1 is 0.935 bits per heavy atom. The summed E-state index contributed by atoms with van der Waals surface area (Å²) in [4.78, 5) is 64.4. The van der Waals surface area contributed by atoms with Gasteiger partial charge in [-0.25, -0.2) is 9.78 Å². The number of aliphatic hydroxyl groups is 1. The maximum Gasteiger partial charge on any atom is 0.408 e. The summed E-state index contributed by atoms with van der Waals surface area (Å²) < 4.78 is 33.0. The summed E-state index contributed by atoms with van der Waals surface area (Å²) in [5, 5.41) is 16.6. The van der Waals surface area contributed by atoms with Gasteiger partial charge < -0.3 is 45.1 Å². The van der Waals surface area contributed by atoms with E-state index in [1.165, 1.54) is 18.6 Å². The maximum atomic E-state index is 12.4. The highest BCUT2D eigenvalue weighted by molar-refractivity contribution is 7.57. The molecule has 0 saturated carbocycles. The third-order valence-corrected chi connectivity index (χ3v) is 9.41. The van der Waals surface area contributed by atoms with Gasteiger partial charge in [-0.1, -0.05) is 13.8 Å². The van der Waals surface area contributed by atoms with Crippen molar-refractivity contribution in [2.75, 3.05) is 46.0 Å². The second kappa shape index (κ2) is 25.7. The van der Waals surface area contributed by atoms with Crippen molar-refractivity contribution >= 4 is 41.4 Å². The fraction of sp³-hybridized carbons (Fsp3) is 0.741. The molecule has 0 fully saturated rings. The Kier molecular flexibility index (Phi) is 23.2. The summed E-state index contributed by atoms with van der Waals surface area (Å²) in [5.41, 5.74) is -1.56. The third kappa shape index (κ3) is 20.7. The lowest BCUT2D eigenvalue weighted by molar-refractivity contribution is -0.120. The van der Waals surface area contributed by atoms with Gasteiger partial charge in [-0.15, -0.1) is 0 Å². The SMILES string of the molecule is CC(C)CC(BOCCCCCN(CCCCO)CCCCOC(=O)NC([PH](=O)O)[PH](=O)O)NC(=O)CNC(=O)c1cnccn1. The zero-order valence-electron chi connectivity index (χ0n) is 26.8. The summed E-state index contributed by atoms with van der Waals surface area (Å²) in [7, 11) is -6.44. The molecule has 3 atom stereocenters. The van der Waals surface area contributed by atoms with Crippen LogP contribution in [0.25, 0.3) is 0 Å². The van der Waals surface area contributed by atoms with Gasteiger partial charge in [0, 0.05) is 31.5 Å². The van der Waals surface area contributed by atoms with Gasteiger partial charge in [0.15, 0.2) is 5.52 Å². The van der Waals surface area contributed by atoms with E-state index < -0.39 is 33.6 Å². The number of nitrogens with one attached hydrogen (secondary N) is 3. The van der Waals surface area contributed by atoms with Gasteiger partial charge in [0.2, 0.25) is 22.0 Å². The maximum absolute atomic E-state index is 12.4. The van der Waals surface area contributed by atoms with Gasteiger partial charge in [0.25, 0.3) is 13.4 Å². The van der Waals surface area contributed by atoms with Crippen molar-refractivity contribution in [1.82, 2.24) is 30.8 Å². The van der Waals surface area contributed by atoms with Crippen LogP contribution in [0.1, 0.15) is 75.7 Å². The number of aromatic nitrogens is 2. The van der Waals surface area contributed by atoms with E-state index >= 15 is 0 Å². The molecule has 1 heterocycles. The second-order valence-corrected chi connectivity index (χ2v) is 14.3. The minimum Gasteiger partial charge on any atom is -0.450 e. The summed E-state index contributed by atoms with van der Waals surface area (Å²) in [5.74, 6) is -0.621. The molecule has 1 aromatic rings. The molecule has 0 spiro atoms. The number of rotatable bonds is 26. The number of carbonyl (C=O) groups is 3. The number of hydrogen-bond donors (Lipinski definition) is 6. The summed E-state index contributed by atoms with van der Waals surface area (Å²) >= 11 is 0. The lowest BCUT2D eigenvalue weighted by Crippen LogP contribution is -2.45. The molecule has 0 aliphatic carbocycles. The summed E-state index contributed by atoms with van der Waals surface area (Å²) in [6.07, 6.45) is 9.51. The summed E-state index contributed by atoms with van der Waals surface area (Å²) in [6, 6.07) is 0. The van der Waals surface area contributed by atoms with E-state index in [1.807, 2.05) is 5.32 Å². The average molecular weight is 692 g/mol. The van der Waals surface area contributed by atoms with E-state index in [9.17, 15) is 23.5 Å². The molecule has 0 bridgehead atoms. The van der Waals surface area contributed by atoms with Crippen molar-refractivity contribution in [2.45, 2.75) is 76.7 Å². The Hall–Kier alpha value is -2.39. The van der Waals surface area contributed by atoms with Crippen molar-refractivity contribution in [3.8, 4) is 0 Å². The quantitative estimate of drug-likeness (QED) is 0.0453. The molecule has 0 aromatic carbocycles. The molecule has 262 valence electrons. The standard InChI is InChI=1S/C27H51BN6O10P2/c1-21(2)18-23(32-24(36)20-31-25(37)22-19-29-10-11-30-22)28-44-17-8-3-4-12-34(13-5-7-15-35)14-6-9-16-43-26(38)33-27(45(39)40)46(41)42/h10-11,19,21,23,27-28,35,45-46H,3-9,12-18,20H2,1-2H3,(H,31,37)(H,32,36)(H,33,38)(H,39,40)(H,41,42). The normalized spacial score (nSPS) is 13.9. The number of carbonyl (C=O) groups excluding carboxylic acids is 3. The van der Waals surface area contributed by atoms with Crippen LogP contribution in [0.15, 0.2) is 18.6 Å². The van der Waals surface area contributed by atoms with Gasteiger partial charge >= 0.3 is 6.09 Å². The molecule has 1 aromatic heterocycles. The molecule has 0 saturated heterocycles. The highest BCUT2D eigenvalue weighted by atomic mass is 31.2. The zero-order chi connectivity index (χ0) is 34.2. The van der Waals surface area contributed by atoms with Gasteiger partial charge in [-0.3, -0.25) is 23.7 Å². The predicted molar refractivity (Wildman–Crippen MR) is 175 cm³/mol. The third-order valence-electron chi connectivity index (χ3n) is 6.65. The largest absolute Gasteiger partial charge is 0.450 e. The van der Waals surface area contributed by atoms with Crippen molar-refractivity contribution in [3.63, 3.8) is 0 Å². The van der Waals surface area contributed by atoms with Crippen molar-refractivity contribution in [1.29, 1.82) is 0 Å². The molecule has 6 N–H and O–H groups in total. The van der Waals surface area contributed by atoms with Crippen LogP contribution in [0, 0.1) is 5.92 Å². The molecule has 46 heavy (non-hydrogen) atoms. The van der Waals surface area contributed by atoms with Crippen LogP contribution in [-0.2, 0) is 23.3 Å². The molecule has 16 nitrogen and oxygen atoms in total. The molecule has 1 rings (SSSR count). The van der Waals surface area contributed by atoms with Crippen molar-refractivity contribution < 1.29 is 47.8 Å². The van der Waals surface area contributed by atoms with Gasteiger partial charge in [-0.2, -0.15) is 0 Å². The number of alkyl carbamates (subject to hydrolysis) is 1. The van der Waals surface area contributed by atoms with E-state index in [1.54, 1.807) is 0 Å². The van der Waals surface area contributed by atoms with Crippen molar-refractivity contribution in [3.05, 3.63) is 24.3 Å². The number of ether oxygens (including phenoxy) is 1. The fourth-order valence-electron chi connectivity index (χ4n) is 4.40. The van der Waals surface area contributed by atoms with Crippen LogP contribution in [0.3, 0.4) is 0 Å². The molecular formula is C27H51BN6O10P2. The lowest BCUT2D eigenvalue weighted by atomic mass is 9.81. The first-order valence-electron chi connectivity index (χ1n) is 15.7. The monoisotopic (exact) mass is 692 g/mol. The Morgan fingerprint density at radius 3 is 2.20 bits per heavy atom. The Labute approximate surface area is 272 Å². The first-order chi connectivity index (χ1) is 22.0. The van der Waals surface area contributed by atoms with E-state index in [-0.39, 0.29) is 37.3 Å². The molecule has 0 aliphatic rings. The zero-order valence-corrected chi connectivity index (χ0v) is 28.8. The highest BCUT2D eigenvalue weighted by Gasteiger charge is 2.23. The van der Waals surface area contributed by atoms with Gasteiger partial charge in [0.05, 0.1) is 19.3 Å². The lowest BCUT2D eigenvalue weighted by Gasteiger charge is -2.22. The van der Waals surface area contributed by atoms with Crippen LogP contribution in [0.4, 0.5) is 4.79 Å². The first kappa shape index (κ1) is 41.6. The Morgan fingerprint density at radius 2 is 1.59 bits per heavy atom. The number of nitrogens with zero attached hydrogens (tertiary/aromatic N) is 3. The Bertz CT molecular complexity index is 1050. The van der Waals surface area contributed by atoms with Crippen LogP contribution in [0.5, 0.6) is 0 Å². The van der Waals surface area contributed by atoms with Gasteiger partial charge in [-0.05, 0) is 76.9 Å². The molecule has 0 radical (unpaired) electrons. The number of hydrogen-bond acceptors (Lipinski definition) is 11. The molecule has 19 heteroatoms. The topological polar surface area (TPSA) is 230 Å². The first-order valence-corrected chi connectivity index (χ1v) is 18.5. The van der Waals surface area contributed by atoms with E-state index in [2.05, 4.69) is 39.3 Å². The minimum atomic E-state index is -3.41. The van der Waals surface area contributed by atoms with Crippen LogP contribution >= 0.6 is 16.1 Å². The molecule has 0 aliphatic heterocycles. The number of amides is 3. The predicted octanol–water partition coefficient (Wildman–Crippen LogP) is 1.03. The molecular weight excluding hydrogens is 641 g/mol. The van der Waals surface area contributed by atoms with E-state index in [0.29, 0.717) is 32.8 Å². The second-order valence-electron chi connectivity index (χ2n) is 11.2. The minimum absolute atomic E-state index is 0.0644. The van der Waals surface area contributed by atoms with Gasteiger partial charge in [0.1, 0.15) is 5.69 Å². The molecule has 3 amide bonds. The highest BCUT2D eigenvalue weighted by Crippen LogP contribution is 2.37. The molecule has 3 unspecified atom stereocenters.